The zero-order chi connectivity index (χ0) is 15.0. The first-order valence-corrected chi connectivity index (χ1v) is 8.64. The van der Waals surface area contributed by atoms with Crippen LogP contribution in [0.5, 0.6) is 0 Å². The normalized spacial score (nSPS) is 30.0. The number of hydrogen-bond acceptors (Lipinski definition) is 3. The molecule has 1 fully saturated rings. The van der Waals surface area contributed by atoms with Crippen LogP contribution in [0, 0.1) is 0 Å². The van der Waals surface area contributed by atoms with Crippen molar-refractivity contribution in [2.45, 2.75) is 57.6 Å². The molecule has 118 valence electrons. The van der Waals surface area contributed by atoms with E-state index in [-0.39, 0.29) is 12.0 Å². The van der Waals surface area contributed by atoms with Gasteiger partial charge in [-0.2, -0.15) is 0 Å². The van der Waals surface area contributed by atoms with Gasteiger partial charge < -0.3 is 9.64 Å². The van der Waals surface area contributed by atoms with E-state index in [4.69, 9.17) is 4.74 Å². The molecule has 0 aliphatic carbocycles. The van der Waals surface area contributed by atoms with Gasteiger partial charge in [0.15, 0.2) is 0 Å². The number of halogens is 2. The summed E-state index contributed by atoms with van der Waals surface area (Å²) in [5.74, 6) is 0. The van der Waals surface area contributed by atoms with Crippen LogP contribution in [0.25, 0.3) is 0 Å². The highest BCUT2D eigenvalue weighted by Gasteiger charge is 2.44. The molecule has 0 bridgehead atoms. The van der Waals surface area contributed by atoms with Crippen molar-refractivity contribution in [1.29, 1.82) is 0 Å². The highest BCUT2D eigenvalue weighted by atomic mass is 32.1. The summed E-state index contributed by atoms with van der Waals surface area (Å²) < 4.78 is 31.5. The second-order valence-corrected chi connectivity index (χ2v) is 7.32. The van der Waals surface area contributed by atoms with E-state index in [2.05, 4.69) is 18.7 Å². The molecule has 2 atom stereocenters. The highest BCUT2D eigenvalue weighted by Crippen LogP contribution is 2.47. The Morgan fingerprint density at radius 1 is 1.52 bits per heavy atom. The maximum absolute atomic E-state index is 12.6. The number of fused-ring (bicyclic) bond motifs is 2. The fraction of sp³-hybridized carbons (Fsp3) is 0.750. The molecule has 2 nitrogen and oxygen atoms in total. The quantitative estimate of drug-likeness (QED) is 0.840. The molecule has 0 aromatic carbocycles. The van der Waals surface area contributed by atoms with Crippen LogP contribution in [0.2, 0.25) is 0 Å². The van der Waals surface area contributed by atoms with E-state index < -0.39 is 6.43 Å². The zero-order valence-electron chi connectivity index (χ0n) is 12.7. The first-order chi connectivity index (χ1) is 10.0. The number of nitrogens with zero attached hydrogens (tertiary/aromatic N) is 1. The number of hydrogen-bond donors (Lipinski definition) is 0. The first-order valence-electron chi connectivity index (χ1n) is 7.82. The lowest BCUT2D eigenvalue weighted by molar-refractivity contribution is -0.108. The number of ether oxygens (including phenoxy) is 1. The van der Waals surface area contributed by atoms with Crippen molar-refractivity contribution < 1.29 is 13.5 Å². The molecule has 1 aromatic rings. The predicted molar refractivity (Wildman–Crippen MR) is 81.3 cm³/mol. The topological polar surface area (TPSA) is 12.5 Å². The van der Waals surface area contributed by atoms with E-state index in [1.54, 1.807) is 11.3 Å². The summed E-state index contributed by atoms with van der Waals surface area (Å²) in [4.78, 5) is 4.51. The van der Waals surface area contributed by atoms with Crippen LogP contribution in [0.15, 0.2) is 6.07 Å². The lowest BCUT2D eigenvalue weighted by Gasteiger charge is -2.46. The molecule has 1 spiro atoms. The first kappa shape index (κ1) is 15.4. The van der Waals surface area contributed by atoms with Crippen molar-refractivity contribution in [1.82, 2.24) is 4.90 Å². The maximum atomic E-state index is 12.6. The van der Waals surface area contributed by atoms with Crippen molar-refractivity contribution in [3.8, 4) is 0 Å². The molecule has 3 rings (SSSR count). The third-order valence-corrected chi connectivity index (χ3v) is 6.22. The van der Waals surface area contributed by atoms with Gasteiger partial charge in [-0.15, -0.1) is 11.3 Å². The molecule has 0 N–H and O–H groups in total. The van der Waals surface area contributed by atoms with Crippen molar-refractivity contribution in [2.24, 2.45) is 0 Å². The van der Waals surface area contributed by atoms with E-state index >= 15 is 0 Å². The van der Waals surface area contributed by atoms with Gasteiger partial charge >= 0.3 is 0 Å². The Kier molecular flexibility index (Phi) is 4.35. The fourth-order valence-electron chi connectivity index (χ4n) is 3.79. The minimum Gasteiger partial charge on any atom is -0.369 e. The minimum atomic E-state index is -2.26. The van der Waals surface area contributed by atoms with Gasteiger partial charge in [0.25, 0.3) is 0 Å². The van der Waals surface area contributed by atoms with Gasteiger partial charge in [0.05, 0.1) is 6.61 Å². The third kappa shape index (κ3) is 2.88. The Labute approximate surface area is 129 Å². The summed E-state index contributed by atoms with van der Waals surface area (Å²) in [6, 6.07) is 2.48. The van der Waals surface area contributed by atoms with Crippen LogP contribution in [0.4, 0.5) is 8.78 Å². The standard InChI is InChI=1S/C16H23F2NOS/c1-3-19-6-5-16(10-11(19)2)15-12(4-7-20-16)8-13(21-15)9-14(17)18/h8,11,14H,3-7,9-10H2,1-2H3. The summed E-state index contributed by atoms with van der Waals surface area (Å²) in [6.07, 6.45) is 0.436. The molecule has 2 aliphatic rings. The lowest BCUT2D eigenvalue weighted by Crippen LogP contribution is -2.50. The molecule has 21 heavy (non-hydrogen) atoms. The zero-order valence-corrected chi connectivity index (χ0v) is 13.5. The number of piperidine rings is 1. The van der Waals surface area contributed by atoms with Gasteiger partial charge in [-0.1, -0.05) is 6.92 Å². The Hall–Kier alpha value is -0.520. The molecular weight excluding hydrogens is 292 g/mol. The second kappa shape index (κ2) is 5.94. The number of likely N-dealkylation sites (tertiary alicyclic amines) is 1. The number of rotatable bonds is 3. The maximum Gasteiger partial charge on any atom is 0.243 e. The second-order valence-electron chi connectivity index (χ2n) is 6.19. The van der Waals surface area contributed by atoms with Crippen molar-refractivity contribution in [3.05, 3.63) is 21.4 Å². The molecule has 1 saturated heterocycles. The van der Waals surface area contributed by atoms with Crippen LogP contribution in [0.3, 0.4) is 0 Å². The monoisotopic (exact) mass is 315 g/mol. The van der Waals surface area contributed by atoms with Crippen molar-refractivity contribution in [2.75, 3.05) is 19.7 Å². The van der Waals surface area contributed by atoms with Crippen LogP contribution < -0.4 is 0 Å². The average Bonchev–Trinajstić information content (AvgIpc) is 2.82. The van der Waals surface area contributed by atoms with E-state index in [1.165, 1.54) is 10.4 Å². The van der Waals surface area contributed by atoms with Gasteiger partial charge in [0.1, 0.15) is 5.60 Å². The fourth-order valence-corrected chi connectivity index (χ4v) is 5.19. The summed E-state index contributed by atoms with van der Waals surface area (Å²) in [5, 5.41) is 0. The Bertz CT molecular complexity index is 504. The summed E-state index contributed by atoms with van der Waals surface area (Å²) in [7, 11) is 0. The third-order valence-electron chi connectivity index (χ3n) is 4.84. The molecule has 2 aliphatic heterocycles. The number of thiophene rings is 1. The predicted octanol–water partition coefficient (Wildman–Crippen LogP) is 3.83. The Morgan fingerprint density at radius 3 is 3.00 bits per heavy atom. The van der Waals surface area contributed by atoms with Crippen LogP contribution in [0.1, 0.15) is 42.0 Å². The smallest absolute Gasteiger partial charge is 0.243 e. The average molecular weight is 315 g/mol. The van der Waals surface area contributed by atoms with Crippen molar-refractivity contribution >= 4 is 11.3 Å². The highest BCUT2D eigenvalue weighted by molar-refractivity contribution is 7.12. The molecule has 3 heterocycles. The van der Waals surface area contributed by atoms with Gasteiger partial charge in [-0.3, -0.25) is 0 Å². The molecule has 1 aromatic heterocycles. The SMILES string of the molecule is CCN1CCC2(CC1C)OCCc1cc(CC(F)F)sc12. The molecule has 0 amide bonds. The molecule has 5 heteroatoms. The number of alkyl halides is 2. The molecule has 0 saturated carbocycles. The minimum absolute atomic E-state index is 0.121. The van der Waals surface area contributed by atoms with Crippen LogP contribution >= 0.6 is 11.3 Å². The Balaban J connectivity index is 1.88. The van der Waals surface area contributed by atoms with E-state index in [0.717, 1.165) is 43.8 Å². The van der Waals surface area contributed by atoms with Crippen LogP contribution in [-0.2, 0) is 23.2 Å². The largest absolute Gasteiger partial charge is 0.369 e. The van der Waals surface area contributed by atoms with Crippen molar-refractivity contribution in [3.63, 3.8) is 0 Å². The van der Waals surface area contributed by atoms with Gasteiger partial charge in [-0.05, 0) is 44.4 Å². The molecule has 2 unspecified atom stereocenters. The van der Waals surface area contributed by atoms with E-state index in [1.807, 2.05) is 6.07 Å². The van der Waals surface area contributed by atoms with Gasteiger partial charge in [0, 0.05) is 28.8 Å². The molecule has 0 radical (unpaired) electrons. The Morgan fingerprint density at radius 2 is 2.33 bits per heavy atom. The summed E-state index contributed by atoms with van der Waals surface area (Å²) in [5.41, 5.74) is 1.03. The van der Waals surface area contributed by atoms with E-state index in [9.17, 15) is 8.78 Å². The van der Waals surface area contributed by atoms with Gasteiger partial charge in [0.2, 0.25) is 6.43 Å². The lowest BCUT2D eigenvalue weighted by atomic mass is 9.82. The summed E-state index contributed by atoms with van der Waals surface area (Å²) >= 11 is 1.56. The van der Waals surface area contributed by atoms with E-state index in [0.29, 0.717) is 6.04 Å². The van der Waals surface area contributed by atoms with Crippen LogP contribution in [-0.4, -0.2) is 37.1 Å². The molecular formula is C16H23F2NOS. The van der Waals surface area contributed by atoms with Gasteiger partial charge in [-0.25, -0.2) is 8.78 Å². The summed E-state index contributed by atoms with van der Waals surface area (Å²) in [6.45, 7) is 7.24.